The summed E-state index contributed by atoms with van der Waals surface area (Å²) in [5.74, 6) is -0.596. The Labute approximate surface area is 115 Å². The van der Waals surface area contributed by atoms with Crippen molar-refractivity contribution in [3.8, 4) is 22.4 Å². The van der Waals surface area contributed by atoms with Gasteiger partial charge in [0.05, 0.1) is 0 Å². The van der Waals surface area contributed by atoms with Gasteiger partial charge in [-0.3, -0.25) is 4.79 Å². The van der Waals surface area contributed by atoms with Crippen LogP contribution in [-0.4, -0.2) is 21.3 Å². The molecule has 3 N–H and O–H groups in total. The van der Waals surface area contributed by atoms with E-state index in [1.54, 1.807) is 0 Å². The molecule has 0 aliphatic carbocycles. The Kier molecular flexibility index (Phi) is 3.01. The molecule has 0 spiro atoms. The normalized spacial score (nSPS) is 10.4. The summed E-state index contributed by atoms with van der Waals surface area (Å²) in [6.07, 6.45) is 0. The van der Waals surface area contributed by atoms with Gasteiger partial charge < -0.3 is 5.73 Å². The van der Waals surface area contributed by atoms with Crippen LogP contribution < -0.4 is 5.73 Å². The Balaban J connectivity index is 1.98. The van der Waals surface area contributed by atoms with Crippen LogP contribution in [0.4, 0.5) is 0 Å². The lowest BCUT2D eigenvalue weighted by molar-refractivity contribution is 0.0996. The van der Waals surface area contributed by atoms with Crippen molar-refractivity contribution < 1.29 is 4.79 Å². The molecule has 0 aliphatic heterocycles. The van der Waals surface area contributed by atoms with Gasteiger partial charge in [-0.25, -0.2) is 0 Å². The summed E-state index contributed by atoms with van der Waals surface area (Å²) in [5.41, 5.74) is 8.90. The highest BCUT2D eigenvalue weighted by atomic mass is 16.1. The Morgan fingerprint density at radius 3 is 2.10 bits per heavy atom. The van der Waals surface area contributed by atoms with Crippen molar-refractivity contribution in [2.24, 2.45) is 5.73 Å². The summed E-state index contributed by atoms with van der Waals surface area (Å²) in [6.45, 7) is 0. The van der Waals surface area contributed by atoms with E-state index in [1.807, 2.05) is 54.6 Å². The summed E-state index contributed by atoms with van der Waals surface area (Å²) in [6, 6.07) is 17.8. The molecule has 0 unspecified atom stereocenters. The molecule has 1 heterocycles. The molecule has 0 atom stereocenters. The zero-order chi connectivity index (χ0) is 13.9. The van der Waals surface area contributed by atoms with Crippen molar-refractivity contribution in [2.75, 3.05) is 0 Å². The van der Waals surface area contributed by atoms with Crippen molar-refractivity contribution in [1.29, 1.82) is 0 Å². The predicted octanol–water partition coefficient (Wildman–Crippen LogP) is 2.24. The lowest BCUT2D eigenvalue weighted by Gasteiger charge is -2.03. The zero-order valence-corrected chi connectivity index (χ0v) is 10.6. The molecular formula is C15H12N4O. The fourth-order valence-electron chi connectivity index (χ4n) is 2.06. The molecule has 3 aromatic rings. The van der Waals surface area contributed by atoms with E-state index >= 15 is 0 Å². The van der Waals surface area contributed by atoms with Crippen LogP contribution >= 0.6 is 0 Å². The standard InChI is InChI=1S/C15H12N4O/c16-15(20)14-13(17-19-18-14)12-8-6-11(7-9-12)10-4-2-1-3-5-10/h1-9H,(H2,16,20)(H,17,18,19). The van der Waals surface area contributed by atoms with E-state index in [9.17, 15) is 4.79 Å². The molecule has 0 bridgehead atoms. The van der Waals surface area contributed by atoms with Crippen molar-refractivity contribution in [3.05, 3.63) is 60.3 Å². The van der Waals surface area contributed by atoms with Crippen molar-refractivity contribution in [3.63, 3.8) is 0 Å². The maximum atomic E-state index is 11.2. The fraction of sp³-hybridized carbons (Fsp3) is 0. The molecule has 0 fully saturated rings. The molecular weight excluding hydrogens is 252 g/mol. The van der Waals surface area contributed by atoms with Crippen LogP contribution in [0.2, 0.25) is 0 Å². The van der Waals surface area contributed by atoms with E-state index < -0.39 is 5.91 Å². The van der Waals surface area contributed by atoms with Crippen molar-refractivity contribution in [2.45, 2.75) is 0 Å². The maximum Gasteiger partial charge on any atom is 0.271 e. The highest BCUT2D eigenvalue weighted by molar-refractivity contribution is 5.96. The number of nitrogens with two attached hydrogens (primary N) is 1. The minimum atomic E-state index is -0.596. The van der Waals surface area contributed by atoms with E-state index in [-0.39, 0.29) is 5.69 Å². The van der Waals surface area contributed by atoms with E-state index in [1.165, 1.54) is 0 Å². The van der Waals surface area contributed by atoms with Crippen LogP contribution in [0.5, 0.6) is 0 Å². The first-order chi connectivity index (χ1) is 9.75. The highest BCUT2D eigenvalue weighted by Crippen LogP contribution is 2.24. The summed E-state index contributed by atoms with van der Waals surface area (Å²) < 4.78 is 0. The number of aromatic nitrogens is 3. The second-order valence-electron chi connectivity index (χ2n) is 4.33. The van der Waals surface area contributed by atoms with Crippen molar-refractivity contribution >= 4 is 5.91 Å². The molecule has 0 aliphatic rings. The fourth-order valence-corrected chi connectivity index (χ4v) is 2.06. The van der Waals surface area contributed by atoms with Gasteiger partial charge in [0.25, 0.3) is 5.91 Å². The largest absolute Gasteiger partial charge is 0.364 e. The molecule has 0 saturated heterocycles. The molecule has 2 aromatic carbocycles. The predicted molar refractivity (Wildman–Crippen MR) is 75.8 cm³/mol. The van der Waals surface area contributed by atoms with Crippen LogP contribution in [0, 0.1) is 0 Å². The van der Waals surface area contributed by atoms with Crippen LogP contribution in [0.15, 0.2) is 54.6 Å². The summed E-state index contributed by atoms with van der Waals surface area (Å²) >= 11 is 0. The molecule has 20 heavy (non-hydrogen) atoms. The number of carbonyl (C=O) groups is 1. The smallest absolute Gasteiger partial charge is 0.271 e. The second-order valence-corrected chi connectivity index (χ2v) is 4.33. The number of nitrogens with one attached hydrogen (secondary N) is 1. The van der Waals surface area contributed by atoms with Gasteiger partial charge >= 0.3 is 0 Å². The Bertz CT molecular complexity index is 732. The average molecular weight is 264 g/mol. The molecule has 5 nitrogen and oxygen atoms in total. The molecule has 5 heteroatoms. The number of rotatable bonds is 3. The van der Waals surface area contributed by atoms with Crippen LogP contribution in [0.25, 0.3) is 22.4 Å². The molecule has 98 valence electrons. The van der Waals surface area contributed by atoms with Gasteiger partial charge in [0.1, 0.15) is 5.69 Å². The summed E-state index contributed by atoms with van der Waals surface area (Å²) in [5, 5.41) is 10.2. The van der Waals surface area contributed by atoms with E-state index in [0.717, 1.165) is 16.7 Å². The van der Waals surface area contributed by atoms with Crippen molar-refractivity contribution in [1.82, 2.24) is 15.4 Å². The first-order valence-electron chi connectivity index (χ1n) is 6.12. The number of hydrogen-bond donors (Lipinski definition) is 2. The highest BCUT2D eigenvalue weighted by Gasteiger charge is 2.14. The minimum Gasteiger partial charge on any atom is -0.364 e. The van der Waals surface area contributed by atoms with E-state index in [4.69, 9.17) is 5.73 Å². The number of hydrogen-bond acceptors (Lipinski definition) is 3. The number of carbonyl (C=O) groups excluding carboxylic acids is 1. The molecule has 0 radical (unpaired) electrons. The number of amides is 1. The third-order valence-corrected chi connectivity index (χ3v) is 3.05. The second kappa shape index (κ2) is 4.97. The van der Waals surface area contributed by atoms with Crippen LogP contribution in [0.3, 0.4) is 0 Å². The van der Waals surface area contributed by atoms with Gasteiger partial charge in [0, 0.05) is 5.56 Å². The number of nitrogens with zero attached hydrogens (tertiary/aromatic N) is 2. The van der Waals surface area contributed by atoms with Gasteiger partial charge in [-0.05, 0) is 11.1 Å². The molecule has 1 aromatic heterocycles. The van der Waals surface area contributed by atoms with Crippen LogP contribution in [-0.2, 0) is 0 Å². The quantitative estimate of drug-likeness (QED) is 0.760. The van der Waals surface area contributed by atoms with Gasteiger partial charge in [0.2, 0.25) is 0 Å². The average Bonchev–Trinajstić information content (AvgIpc) is 2.98. The third-order valence-electron chi connectivity index (χ3n) is 3.05. The molecule has 3 rings (SSSR count). The van der Waals surface area contributed by atoms with Gasteiger partial charge in [-0.15, -0.1) is 0 Å². The number of H-pyrrole nitrogens is 1. The summed E-state index contributed by atoms with van der Waals surface area (Å²) in [7, 11) is 0. The van der Waals surface area contributed by atoms with Crippen LogP contribution in [0.1, 0.15) is 10.5 Å². The molecule has 1 amide bonds. The first kappa shape index (κ1) is 12.1. The van der Waals surface area contributed by atoms with Gasteiger partial charge in [-0.2, -0.15) is 15.4 Å². The number of primary amides is 1. The third kappa shape index (κ3) is 2.16. The van der Waals surface area contributed by atoms with Gasteiger partial charge in [0.15, 0.2) is 5.69 Å². The lowest BCUT2D eigenvalue weighted by atomic mass is 10.0. The van der Waals surface area contributed by atoms with Gasteiger partial charge in [-0.1, -0.05) is 54.6 Å². The van der Waals surface area contributed by atoms with E-state index in [0.29, 0.717) is 5.69 Å². The molecule has 0 saturated carbocycles. The first-order valence-corrected chi connectivity index (χ1v) is 6.12. The minimum absolute atomic E-state index is 0.150. The Morgan fingerprint density at radius 2 is 1.45 bits per heavy atom. The summed E-state index contributed by atoms with van der Waals surface area (Å²) in [4.78, 5) is 11.2. The SMILES string of the molecule is NC(=O)c1n[nH]nc1-c1ccc(-c2ccccc2)cc1. The lowest BCUT2D eigenvalue weighted by Crippen LogP contribution is -2.12. The topological polar surface area (TPSA) is 84.7 Å². The maximum absolute atomic E-state index is 11.2. The van der Waals surface area contributed by atoms with E-state index in [2.05, 4.69) is 15.4 Å². The zero-order valence-electron chi connectivity index (χ0n) is 10.6. The number of benzene rings is 2. The number of aromatic amines is 1. The Morgan fingerprint density at radius 1 is 0.850 bits per heavy atom. The Hall–Kier alpha value is -2.95. The monoisotopic (exact) mass is 264 g/mol.